The van der Waals surface area contributed by atoms with Gasteiger partial charge in [-0.15, -0.1) is 0 Å². The van der Waals surface area contributed by atoms with E-state index in [-0.39, 0.29) is 11.4 Å². The minimum atomic E-state index is -3.87. The molecule has 0 aromatic heterocycles. The maximum atomic E-state index is 12.7. The molecule has 0 radical (unpaired) electrons. The number of nitrogens with one attached hydrogen (secondary N) is 1. The summed E-state index contributed by atoms with van der Waals surface area (Å²) in [6, 6.07) is 16.0. The van der Waals surface area contributed by atoms with Gasteiger partial charge in [0.15, 0.2) is 0 Å². The van der Waals surface area contributed by atoms with Crippen molar-refractivity contribution in [1.82, 2.24) is 9.62 Å². The second-order valence-corrected chi connectivity index (χ2v) is 9.33. The largest absolute Gasteiger partial charge is 0.493 e. The number of ether oxygens (including phenoxy) is 2. The average molecular weight is 449 g/mol. The van der Waals surface area contributed by atoms with Gasteiger partial charge in [-0.05, 0) is 36.8 Å². The summed E-state index contributed by atoms with van der Waals surface area (Å²) >= 11 is 0. The highest BCUT2D eigenvalue weighted by atomic mass is 32.2. The third-order valence-electron chi connectivity index (χ3n) is 5.41. The highest BCUT2D eigenvalue weighted by Gasteiger charge is 2.41. The molecule has 3 rings (SSSR count). The normalized spacial score (nSPS) is 17.1. The van der Waals surface area contributed by atoms with Crippen molar-refractivity contribution in [2.45, 2.75) is 23.8 Å². The van der Waals surface area contributed by atoms with Crippen molar-refractivity contribution in [3.63, 3.8) is 0 Å². The van der Waals surface area contributed by atoms with E-state index in [1.54, 1.807) is 17.0 Å². The Labute approximate surface area is 182 Å². The Balaban J connectivity index is 1.58. The summed E-state index contributed by atoms with van der Waals surface area (Å²) in [6.45, 7) is 3.44. The molecule has 1 aliphatic rings. The van der Waals surface area contributed by atoms with Gasteiger partial charge in [-0.3, -0.25) is 9.69 Å². The molecule has 0 bridgehead atoms. The van der Waals surface area contributed by atoms with Crippen LogP contribution in [0, 0.1) is 0 Å². The molecule has 0 spiro atoms. The van der Waals surface area contributed by atoms with E-state index in [0.29, 0.717) is 38.7 Å². The number of hydrogen-bond donors (Lipinski definition) is 2. The van der Waals surface area contributed by atoms with Crippen LogP contribution in [0.25, 0.3) is 0 Å². The van der Waals surface area contributed by atoms with Gasteiger partial charge in [-0.1, -0.05) is 30.3 Å². The summed E-state index contributed by atoms with van der Waals surface area (Å²) in [5.74, 6) is -0.516. The van der Waals surface area contributed by atoms with Crippen LogP contribution in [0.5, 0.6) is 5.75 Å². The Morgan fingerprint density at radius 1 is 1.13 bits per heavy atom. The Morgan fingerprint density at radius 3 is 2.39 bits per heavy atom. The molecule has 1 heterocycles. The number of sulfonamides is 1. The number of carbonyl (C=O) groups is 1. The van der Waals surface area contributed by atoms with E-state index in [4.69, 9.17) is 9.47 Å². The van der Waals surface area contributed by atoms with Crippen LogP contribution in [0.1, 0.15) is 12.5 Å². The van der Waals surface area contributed by atoms with Gasteiger partial charge >= 0.3 is 5.97 Å². The number of benzene rings is 2. The molecule has 0 unspecified atom stereocenters. The zero-order valence-electron chi connectivity index (χ0n) is 17.5. The number of rotatable bonds is 10. The standard InChI is InChI=1S/C22H28N2O6S/c1-22(21(25)26,24-12-15-29-16-13-24)17-23-31(27,28)20-9-7-19(8-10-20)30-14-11-18-5-3-2-4-6-18/h2-10,23H,11-17H2,1H3,(H,25,26)/t22-/m0/s1. The third-order valence-corrected chi connectivity index (χ3v) is 6.83. The fourth-order valence-corrected chi connectivity index (χ4v) is 4.48. The maximum Gasteiger partial charge on any atom is 0.325 e. The monoisotopic (exact) mass is 448 g/mol. The van der Waals surface area contributed by atoms with Crippen LogP contribution in [0.4, 0.5) is 0 Å². The number of nitrogens with zero attached hydrogens (tertiary/aromatic N) is 1. The van der Waals surface area contributed by atoms with Gasteiger partial charge in [0.2, 0.25) is 10.0 Å². The van der Waals surface area contributed by atoms with Crippen LogP contribution in [0.3, 0.4) is 0 Å². The number of carboxylic acids is 1. The summed E-state index contributed by atoms with van der Waals surface area (Å²) < 4.78 is 38.8. The van der Waals surface area contributed by atoms with Crippen molar-refractivity contribution in [2.75, 3.05) is 39.5 Å². The second-order valence-electron chi connectivity index (χ2n) is 7.56. The van der Waals surface area contributed by atoms with E-state index in [2.05, 4.69) is 4.72 Å². The predicted octanol–water partition coefficient (Wildman–Crippen LogP) is 1.76. The molecular weight excluding hydrogens is 420 g/mol. The summed E-state index contributed by atoms with van der Waals surface area (Å²) in [5.41, 5.74) is -0.204. The first-order valence-corrected chi connectivity index (χ1v) is 11.6. The lowest BCUT2D eigenvalue weighted by molar-refractivity contribution is -0.152. The molecule has 1 saturated heterocycles. The number of aliphatic carboxylic acids is 1. The van der Waals surface area contributed by atoms with Crippen molar-refractivity contribution in [3.05, 3.63) is 60.2 Å². The lowest BCUT2D eigenvalue weighted by Gasteiger charge is -2.40. The molecule has 31 heavy (non-hydrogen) atoms. The molecule has 1 atom stereocenters. The number of morpholine rings is 1. The van der Waals surface area contributed by atoms with E-state index in [1.165, 1.54) is 19.1 Å². The molecule has 8 nitrogen and oxygen atoms in total. The van der Waals surface area contributed by atoms with E-state index >= 15 is 0 Å². The molecule has 0 saturated carbocycles. The summed E-state index contributed by atoms with van der Waals surface area (Å²) in [4.78, 5) is 13.7. The van der Waals surface area contributed by atoms with E-state index in [9.17, 15) is 18.3 Å². The summed E-state index contributed by atoms with van der Waals surface area (Å²) in [6.07, 6.45) is 0.748. The molecule has 0 amide bonds. The SMILES string of the molecule is C[C@](CNS(=O)(=O)c1ccc(OCCc2ccccc2)cc1)(C(=O)O)N1CCOCC1. The van der Waals surface area contributed by atoms with Gasteiger partial charge in [0.1, 0.15) is 11.3 Å². The van der Waals surface area contributed by atoms with E-state index in [0.717, 1.165) is 12.0 Å². The van der Waals surface area contributed by atoms with Crippen LogP contribution >= 0.6 is 0 Å². The second kappa shape index (κ2) is 10.2. The molecule has 9 heteroatoms. The summed E-state index contributed by atoms with van der Waals surface area (Å²) in [7, 11) is -3.87. The number of hydrogen-bond acceptors (Lipinski definition) is 6. The van der Waals surface area contributed by atoms with Crippen LogP contribution in [0.15, 0.2) is 59.5 Å². The van der Waals surface area contributed by atoms with E-state index < -0.39 is 21.5 Å². The van der Waals surface area contributed by atoms with Gasteiger partial charge in [-0.2, -0.15) is 0 Å². The van der Waals surface area contributed by atoms with Crippen molar-refractivity contribution in [3.8, 4) is 5.75 Å². The zero-order chi connectivity index (χ0) is 22.3. The first kappa shape index (κ1) is 23.2. The topological polar surface area (TPSA) is 105 Å². The molecule has 1 aliphatic heterocycles. The van der Waals surface area contributed by atoms with Crippen LogP contribution in [0.2, 0.25) is 0 Å². The fourth-order valence-electron chi connectivity index (χ4n) is 3.34. The maximum absolute atomic E-state index is 12.7. The molecule has 2 N–H and O–H groups in total. The smallest absolute Gasteiger partial charge is 0.325 e. The van der Waals surface area contributed by atoms with Crippen molar-refractivity contribution < 1.29 is 27.8 Å². The lowest BCUT2D eigenvalue weighted by Crippen LogP contribution is -2.61. The summed E-state index contributed by atoms with van der Waals surface area (Å²) in [5, 5.41) is 9.72. The van der Waals surface area contributed by atoms with Crippen LogP contribution < -0.4 is 9.46 Å². The van der Waals surface area contributed by atoms with Gasteiger partial charge in [0, 0.05) is 26.1 Å². The van der Waals surface area contributed by atoms with Gasteiger partial charge < -0.3 is 14.6 Å². The Kier molecular flexibility index (Phi) is 7.66. The molecule has 1 fully saturated rings. The highest BCUT2D eigenvalue weighted by Crippen LogP contribution is 2.20. The third kappa shape index (κ3) is 6.04. The van der Waals surface area contributed by atoms with Crippen LogP contribution in [-0.4, -0.2) is 69.4 Å². The molecule has 2 aromatic rings. The van der Waals surface area contributed by atoms with E-state index in [1.807, 2.05) is 30.3 Å². The minimum Gasteiger partial charge on any atom is -0.493 e. The Bertz CT molecular complexity index is 959. The molecular formula is C22H28N2O6S. The predicted molar refractivity (Wildman–Crippen MR) is 116 cm³/mol. The lowest BCUT2D eigenvalue weighted by atomic mass is 10.00. The first-order valence-electron chi connectivity index (χ1n) is 10.1. The van der Waals surface area contributed by atoms with Gasteiger partial charge in [0.05, 0.1) is 24.7 Å². The fraction of sp³-hybridized carbons (Fsp3) is 0.409. The molecule has 168 valence electrons. The minimum absolute atomic E-state index is 0.0534. The van der Waals surface area contributed by atoms with Crippen molar-refractivity contribution in [1.29, 1.82) is 0 Å². The molecule has 0 aliphatic carbocycles. The quantitative estimate of drug-likeness (QED) is 0.571. The average Bonchev–Trinajstić information content (AvgIpc) is 2.79. The van der Waals surface area contributed by atoms with Gasteiger partial charge in [-0.25, -0.2) is 13.1 Å². The first-order chi connectivity index (χ1) is 14.8. The van der Waals surface area contributed by atoms with Crippen molar-refractivity contribution in [2.24, 2.45) is 0 Å². The highest BCUT2D eigenvalue weighted by molar-refractivity contribution is 7.89. The number of carboxylic acid groups (broad SMARTS) is 1. The van der Waals surface area contributed by atoms with Crippen molar-refractivity contribution >= 4 is 16.0 Å². The Morgan fingerprint density at radius 2 is 1.77 bits per heavy atom. The Hall–Kier alpha value is -2.46. The molecule has 2 aromatic carbocycles. The zero-order valence-corrected chi connectivity index (χ0v) is 18.3. The van der Waals surface area contributed by atoms with Crippen LogP contribution in [-0.2, 0) is 26.0 Å². The van der Waals surface area contributed by atoms with Gasteiger partial charge in [0.25, 0.3) is 0 Å².